The molecule has 2 aromatic rings. The predicted molar refractivity (Wildman–Crippen MR) is 104 cm³/mol. The molecule has 0 atom stereocenters. The van der Waals surface area contributed by atoms with Crippen LogP contribution in [0.15, 0.2) is 70.9 Å². The summed E-state index contributed by atoms with van der Waals surface area (Å²) in [7, 11) is 0. The zero-order valence-electron chi connectivity index (χ0n) is 14.6. The van der Waals surface area contributed by atoms with Gasteiger partial charge in [0.2, 0.25) is 0 Å². The minimum atomic E-state index is -0.379. The van der Waals surface area contributed by atoms with E-state index in [9.17, 15) is 4.79 Å². The lowest BCUT2D eigenvalue weighted by Gasteiger charge is -2.12. The van der Waals surface area contributed by atoms with Crippen molar-refractivity contribution >= 4 is 17.6 Å². The molecule has 4 heteroatoms. The lowest BCUT2D eigenvalue weighted by molar-refractivity contribution is -0.115. The molecule has 0 saturated carbocycles. The van der Waals surface area contributed by atoms with Crippen LogP contribution < -0.4 is 5.32 Å². The highest BCUT2D eigenvalue weighted by atomic mass is 16.1. The second-order valence-electron chi connectivity index (χ2n) is 6.23. The Labute approximate surface area is 154 Å². The highest BCUT2D eigenvalue weighted by Crippen LogP contribution is 2.36. The fraction of sp³-hybridized carbons (Fsp3) is 0.227. The van der Waals surface area contributed by atoms with Gasteiger partial charge in [-0.15, -0.1) is 12.3 Å². The third-order valence-corrected chi connectivity index (χ3v) is 4.30. The summed E-state index contributed by atoms with van der Waals surface area (Å²) in [6.45, 7) is 0.509. The number of nitrogens with one attached hydrogen (secondary N) is 1. The smallest absolute Gasteiger partial charge is 0.251 e. The number of rotatable bonds is 8. The van der Waals surface area contributed by atoms with Crippen LogP contribution >= 0.6 is 0 Å². The van der Waals surface area contributed by atoms with Crippen LogP contribution in [-0.4, -0.2) is 18.1 Å². The van der Waals surface area contributed by atoms with E-state index in [4.69, 9.17) is 6.42 Å². The van der Waals surface area contributed by atoms with Crippen LogP contribution in [0.3, 0.4) is 0 Å². The van der Waals surface area contributed by atoms with E-state index in [1.807, 2.05) is 66.7 Å². The number of nitrogens with zero attached hydrogens (tertiary/aromatic N) is 2. The van der Waals surface area contributed by atoms with Gasteiger partial charge in [0.1, 0.15) is 0 Å². The molecule has 0 unspecified atom stereocenters. The molecule has 1 heterocycles. The van der Waals surface area contributed by atoms with Gasteiger partial charge in [0.15, 0.2) is 5.66 Å². The molecular formula is C22H21N3O. The van der Waals surface area contributed by atoms with Gasteiger partial charge in [0, 0.05) is 31.4 Å². The van der Waals surface area contributed by atoms with Crippen LogP contribution in [0.4, 0.5) is 0 Å². The van der Waals surface area contributed by atoms with E-state index in [1.165, 1.54) is 0 Å². The summed E-state index contributed by atoms with van der Waals surface area (Å²) in [4.78, 5) is 12.8. The molecule has 1 aliphatic rings. The van der Waals surface area contributed by atoms with Gasteiger partial charge in [-0.2, -0.15) is 10.2 Å². The Bertz CT molecular complexity index is 842. The molecule has 1 N–H and O–H groups in total. The Hall–Kier alpha value is -3.19. The molecular weight excluding hydrogens is 322 g/mol. The molecule has 0 saturated heterocycles. The molecule has 0 fully saturated rings. The van der Waals surface area contributed by atoms with Crippen molar-refractivity contribution in [3.63, 3.8) is 0 Å². The van der Waals surface area contributed by atoms with E-state index in [-0.39, 0.29) is 11.6 Å². The molecule has 3 rings (SSSR count). The molecule has 4 nitrogen and oxygen atoms in total. The second-order valence-corrected chi connectivity index (χ2v) is 6.23. The molecule has 0 aromatic heterocycles. The number of carbonyl (C=O) groups excluding carboxylic acids is 1. The predicted octanol–water partition coefficient (Wildman–Crippen LogP) is 4.31. The molecule has 0 bridgehead atoms. The van der Waals surface area contributed by atoms with Gasteiger partial charge >= 0.3 is 0 Å². The van der Waals surface area contributed by atoms with Crippen molar-refractivity contribution in [1.82, 2.24) is 5.32 Å². The third-order valence-electron chi connectivity index (χ3n) is 4.30. The van der Waals surface area contributed by atoms with Gasteiger partial charge in [-0.1, -0.05) is 60.7 Å². The number of hydrogen-bond acceptors (Lipinski definition) is 3. The minimum Gasteiger partial charge on any atom is -0.352 e. The number of benzene rings is 2. The van der Waals surface area contributed by atoms with Crippen LogP contribution in [0.2, 0.25) is 0 Å². The number of carbonyl (C=O) groups is 1. The Morgan fingerprint density at radius 1 is 1.04 bits per heavy atom. The largest absolute Gasteiger partial charge is 0.352 e. The standard InChI is InChI=1S/C22H21N3O/c1-2-3-14-22(24-25-22)15-16-23-21(26)20(19-12-8-5-9-13-19)17-18-10-6-4-7-11-18/h1,4-13,17H,3,14-16H2,(H,23,26)/b20-17+. The first-order chi connectivity index (χ1) is 12.7. The molecule has 0 aliphatic carbocycles. The lowest BCUT2D eigenvalue weighted by atomic mass is 10.0. The first-order valence-electron chi connectivity index (χ1n) is 8.70. The maximum atomic E-state index is 12.8. The van der Waals surface area contributed by atoms with E-state index in [1.54, 1.807) is 0 Å². The minimum absolute atomic E-state index is 0.104. The molecule has 1 aliphatic heterocycles. The van der Waals surface area contributed by atoms with Crippen molar-refractivity contribution in [3.8, 4) is 12.3 Å². The Morgan fingerprint density at radius 2 is 1.69 bits per heavy atom. The summed E-state index contributed by atoms with van der Waals surface area (Å²) >= 11 is 0. The summed E-state index contributed by atoms with van der Waals surface area (Å²) in [5.74, 6) is 2.51. The number of hydrogen-bond donors (Lipinski definition) is 1. The van der Waals surface area contributed by atoms with Crippen molar-refractivity contribution in [3.05, 3.63) is 71.8 Å². The van der Waals surface area contributed by atoms with E-state index in [2.05, 4.69) is 21.5 Å². The normalized spacial score (nSPS) is 14.5. The number of terminal acetylenes is 1. The van der Waals surface area contributed by atoms with E-state index >= 15 is 0 Å². The first-order valence-corrected chi connectivity index (χ1v) is 8.70. The van der Waals surface area contributed by atoms with Gasteiger partial charge in [-0.05, 0) is 17.2 Å². The zero-order valence-corrected chi connectivity index (χ0v) is 14.6. The van der Waals surface area contributed by atoms with Crippen LogP contribution in [0.5, 0.6) is 0 Å². The molecule has 2 aromatic carbocycles. The highest BCUT2D eigenvalue weighted by Gasteiger charge is 2.38. The summed E-state index contributed by atoms with van der Waals surface area (Å²) < 4.78 is 0. The molecule has 130 valence electrons. The number of amides is 1. The summed E-state index contributed by atoms with van der Waals surface area (Å²) in [6.07, 6.45) is 9.27. The average Bonchev–Trinajstić information content (AvgIpc) is 3.46. The van der Waals surface area contributed by atoms with Crippen LogP contribution in [0.25, 0.3) is 11.6 Å². The highest BCUT2D eigenvalue weighted by molar-refractivity contribution is 6.24. The molecule has 0 radical (unpaired) electrons. The van der Waals surface area contributed by atoms with Gasteiger partial charge in [-0.3, -0.25) is 4.79 Å². The summed E-state index contributed by atoms with van der Waals surface area (Å²) in [5, 5.41) is 11.2. The second kappa shape index (κ2) is 8.26. The third kappa shape index (κ3) is 4.67. The lowest BCUT2D eigenvalue weighted by Crippen LogP contribution is -2.29. The van der Waals surface area contributed by atoms with Gasteiger partial charge in [-0.25, -0.2) is 0 Å². The van der Waals surface area contributed by atoms with Gasteiger partial charge < -0.3 is 5.32 Å². The summed E-state index contributed by atoms with van der Waals surface area (Å²) in [5.41, 5.74) is 2.13. The van der Waals surface area contributed by atoms with Crippen LogP contribution in [0.1, 0.15) is 30.4 Å². The van der Waals surface area contributed by atoms with Crippen LogP contribution in [-0.2, 0) is 4.79 Å². The Balaban J connectivity index is 1.68. The van der Waals surface area contributed by atoms with E-state index in [0.717, 1.165) is 17.5 Å². The van der Waals surface area contributed by atoms with E-state index in [0.29, 0.717) is 25.0 Å². The fourth-order valence-corrected chi connectivity index (χ4v) is 2.75. The van der Waals surface area contributed by atoms with Gasteiger partial charge in [0.25, 0.3) is 5.91 Å². The molecule has 0 spiro atoms. The van der Waals surface area contributed by atoms with Crippen molar-refractivity contribution < 1.29 is 4.79 Å². The average molecular weight is 343 g/mol. The monoisotopic (exact) mass is 343 g/mol. The van der Waals surface area contributed by atoms with Crippen molar-refractivity contribution in [2.45, 2.75) is 24.9 Å². The SMILES string of the molecule is C#CCCC1(CCNC(=O)/C(=C/c2ccccc2)c2ccccc2)N=N1. The molecule has 26 heavy (non-hydrogen) atoms. The zero-order chi connectivity index (χ0) is 18.2. The van der Waals surface area contributed by atoms with Gasteiger partial charge in [0.05, 0.1) is 0 Å². The van der Waals surface area contributed by atoms with Crippen molar-refractivity contribution in [2.24, 2.45) is 10.2 Å². The maximum Gasteiger partial charge on any atom is 0.251 e. The Kier molecular flexibility index (Phi) is 5.60. The summed E-state index contributed by atoms with van der Waals surface area (Å²) in [6, 6.07) is 19.5. The van der Waals surface area contributed by atoms with E-state index < -0.39 is 0 Å². The van der Waals surface area contributed by atoms with Crippen LogP contribution in [0, 0.1) is 12.3 Å². The van der Waals surface area contributed by atoms with Crippen molar-refractivity contribution in [2.75, 3.05) is 6.54 Å². The topological polar surface area (TPSA) is 53.8 Å². The van der Waals surface area contributed by atoms with Crippen molar-refractivity contribution in [1.29, 1.82) is 0 Å². The molecule has 1 amide bonds. The first kappa shape index (κ1) is 17.6. The fourth-order valence-electron chi connectivity index (χ4n) is 2.75. The quantitative estimate of drug-likeness (QED) is 0.433. The Morgan fingerprint density at radius 3 is 2.31 bits per heavy atom. The maximum absolute atomic E-state index is 12.8.